The van der Waals surface area contributed by atoms with Gasteiger partial charge in [-0.2, -0.15) is 0 Å². The van der Waals surface area contributed by atoms with E-state index in [4.69, 9.17) is 4.74 Å². The molecule has 0 aliphatic carbocycles. The summed E-state index contributed by atoms with van der Waals surface area (Å²) in [6.07, 6.45) is 0. The van der Waals surface area contributed by atoms with Gasteiger partial charge < -0.3 is 9.84 Å². The molecule has 0 aromatic heterocycles. The van der Waals surface area contributed by atoms with Crippen LogP contribution in [0.5, 0.6) is 0 Å². The van der Waals surface area contributed by atoms with Crippen molar-refractivity contribution in [3.8, 4) is 0 Å². The van der Waals surface area contributed by atoms with Gasteiger partial charge >= 0.3 is 0 Å². The van der Waals surface area contributed by atoms with E-state index in [2.05, 4.69) is 32.9 Å². The number of rotatable bonds is 4. The minimum absolute atomic E-state index is 0.143. The summed E-state index contributed by atoms with van der Waals surface area (Å²) >= 11 is 0. The predicted octanol–water partition coefficient (Wildman–Crippen LogP) is 3.23. The highest BCUT2D eigenvalue weighted by molar-refractivity contribution is 5.30. The number of aliphatic hydroxyl groups is 1. The number of hydrogen-bond acceptors (Lipinski definition) is 2. The van der Waals surface area contributed by atoms with Gasteiger partial charge in [-0.3, -0.25) is 0 Å². The van der Waals surface area contributed by atoms with Crippen LogP contribution < -0.4 is 0 Å². The van der Waals surface area contributed by atoms with Crippen molar-refractivity contribution in [3.63, 3.8) is 0 Å². The van der Waals surface area contributed by atoms with E-state index in [9.17, 15) is 5.11 Å². The molecule has 0 aliphatic heterocycles. The zero-order valence-electron chi connectivity index (χ0n) is 11.6. The molecule has 0 saturated carbocycles. The fourth-order valence-electron chi connectivity index (χ4n) is 1.71. The van der Waals surface area contributed by atoms with Gasteiger partial charge in [-0.25, -0.2) is 0 Å². The zero-order chi connectivity index (χ0) is 13.1. The van der Waals surface area contributed by atoms with Crippen LogP contribution >= 0.6 is 0 Å². The molecule has 0 fully saturated rings. The third-order valence-electron chi connectivity index (χ3n) is 2.96. The van der Waals surface area contributed by atoms with Crippen molar-refractivity contribution in [2.45, 2.75) is 45.6 Å². The topological polar surface area (TPSA) is 29.5 Å². The summed E-state index contributed by atoms with van der Waals surface area (Å²) < 4.78 is 5.30. The molecule has 1 unspecified atom stereocenters. The molecule has 0 saturated heterocycles. The molecular formula is C15H24O2. The summed E-state index contributed by atoms with van der Waals surface area (Å²) in [6, 6.07) is 8.13. The van der Waals surface area contributed by atoms with Crippen molar-refractivity contribution in [1.29, 1.82) is 0 Å². The van der Waals surface area contributed by atoms with E-state index in [0.717, 1.165) is 5.56 Å². The number of ether oxygens (including phenoxy) is 1. The van der Waals surface area contributed by atoms with Gasteiger partial charge in [0.25, 0.3) is 0 Å². The lowest BCUT2D eigenvalue weighted by Crippen LogP contribution is -2.28. The lowest BCUT2D eigenvalue weighted by Gasteiger charge is -2.25. The Morgan fingerprint density at radius 1 is 1.00 bits per heavy atom. The van der Waals surface area contributed by atoms with Crippen molar-refractivity contribution in [3.05, 3.63) is 35.4 Å². The molecule has 0 amide bonds. The smallest absolute Gasteiger partial charge is 0.110 e. The average molecular weight is 236 g/mol. The molecule has 0 heterocycles. The van der Waals surface area contributed by atoms with Crippen LogP contribution in [0.2, 0.25) is 0 Å². The van der Waals surface area contributed by atoms with Crippen molar-refractivity contribution in [2.75, 3.05) is 13.2 Å². The lowest BCUT2D eigenvalue weighted by atomic mass is 9.85. The molecule has 2 heteroatoms. The van der Waals surface area contributed by atoms with Gasteiger partial charge in [0, 0.05) is 6.61 Å². The Morgan fingerprint density at radius 2 is 1.47 bits per heavy atom. The second-order valence-corrected chi connectivity index (χ2v) is 5.74. The van der Waals surface area contributed by atoms with Crippen LogP contribution in [0.4, 0.5) is 0 Å². The Hall–Kier alpha value is -0.860. The average Bonchev–Trinajstić information content (AvgIpc) is 2.25. The molecule has 1 aromatic carbocycles. The third kappa shape index (κ3) is 3.83. The standard InChI is InChI=1S/C15H24O2/c1-6-17-11-15(5,16)13-9-7-12(8-10-13)14(2,3)4/h7-10,16H,6,11H2,1-5H3. The Morgan fingerprint density at radius 3 is 1.88 bits per heavy atom. The summed E-state index contributed by atoms with van der Waals surface area (Å²) in [5, 5.41) is 10.3. The SMILES string of the molecule is CCOCC(C)(O)c1ccc(C(C)(C)C)cc1. The zero-order valence-corrected chi connectivity index (χ0v) is 11.6. The summed E-state index contributed by atoms with van der Waals surface area (Å²) in [4.78, 5) is 0. The molecule has 0 aliphatic rings. The van der Waals surface area contributed by atoms with E-state index in [1.807, 2.05) is 19.1 Å². The highest BCUT2D eigenvalue weighted by atomic mass is 16.5. The van der Waals surface area contributed by atoms with Crippen LogP contribution in [0, 0.1) is 0 Å². The molecule has 0 spiro atoms. The number of benzene rings is 1. The molecular weight excluding hydrogens is 212 g/mol. The van der Waals surface area contributed by atoms with E-state index in [1.54, 1.807) is 6.92 Å². The van der Waals surface area contributed by atoms with E-state index in [0.29, 0.717) is 13.2 Å². The lowest BCUT2D eigenvalue weighted by molar-refractivity contribution is -0.0343. The Balaban J connectivity index is 2.87. The van der Waals surface area contributed by atoms with Crippen LogP contribution in [0.25, 0.3) is 0 Å². The van der Waals surface area contributed by atoms with E-state index >= 15 is 0 Å². The first-order valence-electron chi connectivity index (χ1n) is 6.18. The normalized spacial score (nSPS) is 15.6. The molecule has 1 aromatic rings. The van der Waals surface area contributed by atoms with Gasteiger partial charge in [-0.1, -0.05) is 45.0 Å². The summed E-state index contributed by atoms with van der Waals surface area (Å²) in [6.45, 7) is 11.2. The second kappa shape index (κ2) is 5.19. The minimum atomic E-state index is -0.910. The van der Waals surface area contributed by atoms with Gasteiger partial charge in [0.15, 0.2) is 0 Å². The summed E-state index contributed by atoms with van der Waals surface area (Å²) in [7, 11) is 0. The van der Waals surface area contributed by atoms with Crippen molar-refractivity contribution in [1.82, 2.24) is 0 Å². The summed E-state index contributed by atoms with van der Waals surface area (Å²) in [5.74, 6) is 0. The molecule has 1 atom stereocenters. The number of hydrogen-bond donors (Lipinski definition) is 1. The monoisotopic (exact) mass is 236 g/mol. The molecule has 1 N–H and O–H groups in total. The van der Waals surface area contributed by atoms with Crippen molar-refractivity contribution < 1.29 is 9.84 Å². The first-order valence-corrected chi connectivity index (χ1v) is 6.18. The van der Waals surface area contributed by atoms with E-state index in [-0.39, 0.29) is 5.41 Å². The Kier molecular flexibility index (Phi) is 4.34. The quantitative estimate of drug-likeness (QED) is 0.869. The maximum atomic E-state index is 10.3. The van der Waals surface area contributed by atoms with Crippen LogP contribution in [0.15, 0.2) is 24.3 Å². The van der Waals surface area contributed by atoms with Gasteiger partial charge in [0.1, 0.15) is 5.60 Å². The largest absolute Gasteiger partial charge is 0.383 e. The highest BCUT2D eigenvalue weighted by Crippen LogP contribution is 2.26. The molecule has 96 valence electrons. The molecule has 2 nitrogen and oxygen atoms in total. The van der Waals surface area contributed by atoms with E-state index < -0.39 is 5.60 Å². The first-order chi connectivity index (χ1) is 7.77. The first kappa shape index (κ1) is 14.2. The Bertz CT molecular complexity index is 344. The van der Waals surface area contributed by atoms with Crippen LogP contribution in [-0.4, -0.2) is 18.3 Å². The molecule has 0 radical (unpaired) electrons. The van der Waals surface area contributed by atoms with Gasteiger partial charge in [0.05, 0.1) is 6.61 Å². The highest BCUT2D eigenvalue weighted by Gasteiger charge is 2.23. The van der Waals surface area contributed by atoms with Gasteiger partial charge in [0.2, 0.25) is 0 Å². The molecule has 0 bridgehead atoms. The minimum Gasteiger partial charge on any atom is -0.383 e. The van der Waals surface area contributed by atoms with Crippen molar-refractivity contribution >= 4 is 0 Å². The predicted molar refractivity (Wildman–Crippen MR) is 71.2 cm³/mol. The van der Waals surface area contributed by atoms with Gasteiger partial charge in [-0.15, -0.1) is 0 Å². The maximum Gasteiger partial charge on any atom is 0.110 e. The third-order valence-corrected chi connectivity index (χ3v) is 2.96. The van der Waals surface area contributed by atoms with Gasteiger partial charge in [-0.05, 0) is 30.4 Å². The van der Waals surface area contributed by atoms with E-state index in [1.165, 1.54) is 5.56 Å². The van der Waals surface area contributed by atoms with Crippen LogP contribution in [-0.2, 0) is 15.8 Å². The molecule has 17 heavy (non-hydrogen) atoms. The summed E-state index contributed by atoms with van der Waals surface area (Å²) in [5.41, 5.74) is 1.41. The Labute approximate surface area is 105 Å². The fourth-order valence-corrected chi connectivity index (χ4v) is 1.71. The van der Waals surface area contributed by atoms with Crippen molar-refractivity contribution in [2.24, 2.45) is 0 Å². The van der Waals surface area contributed by atoms with Crippen LogP contribution in [0.1, 0.15) is 45.7 Å². The van der Waals surface area contributed by atoms with Crippen LogP contribution in [0.3, 0.4) is 0 Å². The molecule has 1 rings (SSSR count). The second-order valence-electron chi connectivity index (χ2n) is 5.74. The fraction of sp³-hybridized carbons (Fsp3) is 0.600. The maximum absolute atomic E-state index is 10.3.